The number of nitrogens with zero attached hydrogens (tertiary/aromatic N) is 2. The number of rotatable bonds is 9. The molecule has 0 amide bonds. The number of nitrogens with one attached hydrogen (secondary N) is 1. The zero-order valence-electron chi connectivity index (χ0n) is 23.4. The Kier molecular flexibility index (Phi) is 11.2. The maximum atomic E-state index is 14.2. The number of unbranched alkanes of at least 4 members (excludes halogenated alkanes) is 1. The van der Waals surface area contributed by atoms with Crippen LogP contribution in [0.5, 0.6) is 0 Å². The van der Waals surface area contributed by atoms with Crippen molar-refractivity contribution < 1.29 is 13.9 Å². The van der Waals surface area contributed by atoms with Gasteiger partial charge in [-0.1, -0.05) is 18.2 Å². The number of aryl methyl sites for hydroxylation is 2. The summed E-state index contributed by atoms with van der Waals surface area (Å²) in [5, 5.41) is 3.42. The van der Waals surface area contributed by atoms with E-state index < -0.39 is 0 Å². The summed E-state index contributed by atoms with van der Waals surface area (Å²) in [7, 11) is 0. The van der Waals surface area contributed by atoms with Crippen LogP contribution in [-0.4, -0.2) is 48.8 Å². The second-order valence-electron chi connectivity index (χ2n) is 10.8. The molecular formula is C32H46FN3O2. The Balaban J connectivity index is 0.00000107. The highest BCUT2D eigenvalue weighted by Crippen LogP contribution is 2.36. The van der Waals surface area contributed by atoms with Crippen LogP contribution in [0.1, 0.15) is 93.3 Å². The van der Waals surface area contributed by atoms with E-state index in [1.54, 1.807) is 18.2 Å². The quantitative estimate of drug-likeness (QED) is 0.278. The highest BCUT2D eigenvalue weighted by Gasteiger charge is 2.30. The Hall–Kier alpha value is -2.28. The van der Waals surface area contributed by atoms with E-state index >= 15 is 0 Å². The molecule has 3 aliphatic heterocycles. The number of halogens is 1. The molecule has 5 rings (SSSR count). The topological polar surface area (TPSA) is 46.6 Å². The number of fused-ring (bicyclic) bond motifs is 1. The number of aromatic nitrogens is 1. The summed E-state index contributed by atoms with van der Waals surface area (Å²) in [5.74, 6) is 0.921. The number of benzene rings is 1. The van der Waals surface area contributed by atoms with Crippen LogP contribution in [-0.2, 0) is 22.3 Å². The molecule has 0 radical (unpaired) electrons. The molecule has 0 saturated carbocycles. The fraction of sp³-hybridized carbons (Fsp3) is 0.594. The highest BCUT2D eigenvalue weighted by atomic mass is 19.1. The summed E-state index contributed by atoms with van der Waals surface area (Å²) >= 11 is 0. The molecule has 0 spiro atoms. The van der Waals surface area contributed by atoms with Gasteiger partial charge in [0.05, 0.1) is 12.2 Å². The smallest absolute Gasteiger partial charge is 0.129 e. The fourth-order valence-corrected chi connectivity index (χ4v) is 5.79. The Morgan fingerprint density at radius 3 is 2.89 bits per heavy atom. The molecule has 0 aliphatic carbocycles. The van der Waals surface area contributed by atoms with E-state index in [0.29, 0.717) is 0 Å². The maximum absolute atomic E-state index is 14.2. The highest BCUT2D eigenvalue weighted by molar-refractivity contribution is 5.47. The third-order valence-electron chi connectivity index (χ3n) is 7.88. The number of anilines is 1. The molecule has 3 atom stereocenters. The van der Waals surface area contributed by atoms with Crippen LogP contribution in [0.2, 0.25) is 0 Å². The van der Waals surface area contributed by atoms with Gasteiger partial charge >= 0.3 is 0 Å². The van der Waals surface area contributed by atoms with Gasteiger partial charge in [0.1, 0.15) is 11.6 Å². The van der Waals surface area contributed by atoms with Crippen molar-refractivity contribution in [3.8, 4) is 0 Å². The van der Waals surface area contributed by atoms with E-state index in [4.69, 9.17) is 14.5 Å². The van der Waals surface area contributed by atoms with Crippen LogP contribution >= 0.6 is 0 Å². The van der Waals surface area contributed by atoms with Crippen molar-refractivity contribution in [3.05, 3.63) is 71.2 Å². The van der Waals surface area contributed by atoms with Gasteiger partial charge in [0, 0.05) is 44.6 Å². The van der Waals surface area contributed by atoms with E-state index in [2.05, 4.69) is 35.9 Å². The normalized spacial score (nSPS) is 22.1. The molecule has 2 fully saturated rings. The van der Waals surface area contributed by atoms with Crippen molar-refractivity contribution in [2.45, 2.75) is 89.9 Å². The van der Waals surface area contributed by atoms with E-state index in [-0.39, 0.29) is 24.1 Å². The molecular weight excluding hydrogens is 477 g/mol. The SMILES string of the molecule is C=CC.CC(c1cc(F)ccc1C1CCCCO1)N1CCC(OCCCCc2ccc3c(n2)NCCC3)C1. The molecule has 2 aromatic rings. The van der Waals surface area contributed by atoms with Crippen LogP contribution in [0.15, 0.2) is 43.0 Å². The second-order valence-corrected chi connectivity index (χ2v) is 10.8. The van der Waals surface area contributed by atoms with Gasteiger partial charge in [-0.15, -0.1) is 6.58 Å². The lowest BCUT2D eigenvalue weighted by atomic mass is 9.93. The van der Waals surface area contributed by atoms with Crippen molar-refractivity contribution in [2.75, 3.05) is 38.2 Å². The molecule has 4 heterocycles. The molecule has 3 aliphatic rings. The number of pyridine rings is 1. The van der Waals surface area contributed by atoms with Crippen molar-refractivity contribution in [1.82, 2.24) is 9.88 Å². The first-order chi connectivity index (χ1) is 18.6. The number of hydrogen-bond donors (Lipinski definition) is 1. The molecule has 0 bridgehead atoms. The predicted molar refractivity (Wildman–Crippen MR) is 153 cm³/mol. The van der Waals surface area contributed by atoms with Crippen LogP contribution in [0, 0.1) is 5.82 Å². The lowest BCUT2D eigenvalue weighted by molar-refractivity contribution is 0.0134. The summed E-state index contributed by atoms with van der Waals surface area (Å²) in [6, 6.07) is 9.81. The standard InChI is InChI=1S/C29H40FN3O2.C3H6/c1-21(27-19-23(30)11-13-26(27)28-9-3-5-18-35-28)33-16-14-25(20-33)34-17-4-2-8-24-12-10-22-7-6-15-31-29(22)32-24;1-3-2/h10-13,19,21,25,28H,2-9,14-18,20H2,1H3,(H,31,32);3H,1H2,2H3. The van der Waals surface area contributed by atoms with Gasteiger partial charge in [-0.2, -0.15) is 0 Å². The second kappa shape index (κ2) is 14.8. The molecule has 2 saturated heterocycles. The largest absolute Gasteiger partial charge is 0.377 e. The van der Waals surface area contributed by atoms with Gasteiger partial charge in [0.2, 0.25) is 0 Å². The Bertz CT molecular complexity index is 1020. The molecule has 6 heteroatoms. The first kappa shape index (κ1) is 28.7. The van der Waals surface area contributed by atoms with Crippen molar-refractivity contribution in [3.63, 3.8) is 0 Å². The summed E-state index contributed by atoms with van der Waals surface area (Å²) in [4.78, 5) is 7.24. The average molecular weight is 524 g/mol. The first-order valence-corrected chi connectivity index (χ1v) is 14.7. The fourth-order valence-electron chi connectivity index (χ4n) is 5.79. The summed E-state index contributed by atoms with van der Waals surface area (Å²) in [6.45, 7) is 12.0. The van der Waals surface area contributed by atoms with E-state index in [1.165, 1.54) is 24.1 Å². The average Bonchev–Trinajstić information content (AvgIpc) is 3.42. The number of likely N-dealkylation sites (tertiary alicyclic amines) is 1. The Morgan fingerprint density at radius 1 is 1.21 bits per heavy atom. The van der Waals surface area contributed by atoms with Gasteiger partial charge in [-0.05, 0) is 107 Å². The molecule has 208 valence electrons. The monoisotopic (exact) mass is 523 g/mol. The van der Waals surface area contributed by atoms with Crippen LogP contribution < -0.4 is 5.32 Å². The minimum absolute atomic E-state index is 0.0943. The van der Waals surface area contributed by atoms with Crippen LogP contribution in [0.25, 0.3) is 0 Å². The molecule has 1 N–H and O–H groups in total. The summed E-state index contributed by atoms with van der Waals surface area (Å²) < 4.78 is 26.5. The zero-order valence-corrected chi connectivity index (χ0v) is 23.4. The first-order valence-electron chi connectivity index (χ1n) is 14.7. The van der Waals surface area contributed by atoms with E-state index in [1.807, 2.05) is 13.0 Å². The maximum Gasteiger partial charge on any atom is 0.129 e. The van der Waals surface area contributed by atoms with Crippen LogP contribution in [0.3, 0.4) is 0 Å². The number of ether oxygens (including phenoxy) is 2. The van der Waals surface area contributed by atoms with Gasteiger partial charge in [0.15, 0.2) is 0 Å². The number of allylic oxidation sites excluding steroid dienone is 1. The summed E-state index contributed by atoms with van der Waals surface area (Å²) in [6.07, 6.45) is 11.9. The van der Waals surface area contributed by atoms with Gasteiger partial charge in [0.25, 0.3) is 0 Å². The van der Waals surface area contributed by atoms with Crippen molar-refractivity contribution >= 4 is 5.82 Å². The van der Waals surface area contributed by atoms with Crippen molar-refractivity contribution in [1.29, 1.82) is 0 Å². The predicted octanol–water partition coefficient (Wildman–Crippen LogP) is 7.19. The van der Waals surface area contributed by atoms with Gasteiger partial charge in [-0.3, -0.25) is 4.90 Å². The Labute approximate surface area is 228 Å². The minimum atomic E-state index is -0.164. The third-order valence-corrected chi connectivity index (χ3v) is 7.88. The van der Waals surface area contributed by atoms with Gasteiger partial charge < -0.3 is 14.8 Å². The number of hydrogen-bond acceptors (Lipinski definition) is 5. The van der Waals surface area contributed by atoms with Crippen molar-refractivity contribution in [2.24, 2.45) is 0 Å². The zero-order chi connectivity index (χ0) is 26.7. The Morgan fingerprint density at radius 2 is 2.08 bits per heavy atom. The molecule has 3 unspecified atom stereocenters. The molecule has 1 aromatic heterocycles. The minimum Gasteiger partial charge on any atom is -0.377 e. The van der Waals surface area contributed by atoms with E-state index in [9.17, 15) is 4.39 Å². The van der Waals surface area contributed by atoms with Crippen LogP contribution in [0.4, 0.5) is 10.2 Å². The lowest BCUT2D eigenvalue weighted by Gasteiger charge is -2.30. The third kappa shape index (κ3) is 7.87. The summed E-state index contributed by atoms with van der Waals surface area (Å²) in [5.41, 5.74) is 4.75. The lowest BCUT2D eigenvalue weighted by Crippen LogP contribution is -2.28. The molecule has 5 nitrogen and oxygen atoms in total. The van der Waals surface area contributed by atoms with E-state index in [0.717, 1.165) is 94.7 Å². The molecule has 1 aromatic carbocycles. The van der Waals surface area contributed by atoms with Gasteiger partial charge in [-0.25, -0.2) is 9.37 Å². The molecule has 38 heavy (non-hydrogen) atoms.